The second-order valence-electron chi connectivity index (χ2n) is 10.3. The SMILES string of the molecule is C[C@H]1CCCC[C@H]1N1C(=O)/C(=C/c2ccc(OCc3cccc4ccccc34)cc2)SC1=Nc1ccccc1. The van der Waals surface area contributed by atoms with Gasteiger partial charge in [0.05, 0.1) is 10.6 Å². The molecule has 0 aromatic heterocycles. The van der Waals surface area contributed by atoms with E-state index in [4.69, 9.17) is 9.73 Å². The molecule has 1 aliphatic carbocycles. The van der Waals surface area contributed by atoms with Crippen LogP contribution in [0.5, 0.6) is 5.75 Å². The Morgan fingerprint density at radius 2 is 1.64 bits per heavy atom. The van der Waals surface area contributed by atoms with Gasteiger partial charge in [0.25, 0.3) is 5.91 Å². The van der Waals surface area contributed by atoms with E-state index >= 15 is 0 Å². The fraction of sp³-hybridized carbons (Fsp3) is 0.235. The first kappa shape index (κ1) is 25.4. The molecule has 1 saturated heterocycles. The summed E-state index contributed by atoms with van der Waals surface area (Å²) in [6, 6.07) is 32.7. The molecule has 0 bridgehead atoms. The number of thioether (sulfide) groups is 1. The van der Waals surface area contributed by atoms with E-state index in [1.807, 2.05) is 65.6 Å². The summed E-state index contributed by atoms with van der Waals surface area (Å²) in [5, 5.41) is 3.21. The topological polar surface area (TPSA) is 41.9 Å². The quantitative estimate of drug-likeness (QED) is 0.234. The Bertz CT molecular complexity index is 1520. The maximum atomic E-state index is 13.7. The van der Waals surface area contributed by atoms with Crippen LogP contribution in [0.15, 0.2) is 107 Å². The number of hydrogen-bond acceptors (Lipinski definition) is 4. The van der Waals surface area contributed by atoms with Crippen LogP contribution >= 0.6 is 11.8 Å². The summed E-state index contributed by atoms with van der Waals surface area (Å²) in [5.41, 5.74) is 3.01. The van der Waals surface area contributed by atoms with Gasteiger partial charge in [0, 0.05) is 6.04 Å². The third kappa shape index (κ3) is 5.64. The second kappa shape index (κ2) is 11.5. The Kier molecular flexibility index (Phi) is 7.51. The molecule has 39 heavy (non-hydrogen) atoms. The van der Waals surface area contributed by atoms with Crippen LogP contribution in [0.4, 0.5) is 5.69 Å². The van der Waals surface area contributed by atoms with Crippen LogP contribution in [0.2, 0.25) is 0 Å². The maximum Gasteiger partial charge on any atom is 0.267 e. The first-order valence-corrected chi connectivity index (χ1v) is 14.5. The third-order valence-electron chi connectivity index (χ3n) is 7.67. The number of ether oxygens (including phenoxy) is 1. The number of carbonyl (C=O) groups excluding carboxylic acids is 1. The van der Waals surface area contributed by atoms with Gasteiger partial charge < -0.3 is 4.74 Å². The summed E-state index contributed by atoms with van der Waals surface area (Å²) in [5.74, 6) is 1.32. The molecule has 196 valence electrons. The fourth-order valence-corrected chi connectivity index (χ4v) is 6.59. The number of benzene rings is 4. The number of aliphatic imine (C=N–C) groups is 1. The largest absolute Gasteiger partial charge is 0.489 e. The van der Waals surface area contributed by atoms with Gasteiger partial charge in [-0.05, 0) is 82.8 Å². The van der Waals surface area contributed by atoms with Crippen molar-refractivity contribution in [3.8, 4) is 5.75 Å². The molecule has 2 fully saturated rings. The highest BCUT2D eigenvalue weighted by Crippen LogP contribution is 2.40. The van der Waals surface area contributed by atoms with Crippen LogP contribution in [-0.4, -0.2) is 22.0 Å². The predicted octanol–water partition coefficient (Wildman–Crippen LogP) is 8.60. The molecule has 1 amide bonds. The van der Waals surface area contributed by atoms with E-state index in [0.717, 1.165) is 47.0 Å². The zero-order chi connectivity index (χ0) is 26.6. The van der Waals surface area contributed by atoms with E-state index in [9.17, 15) is 4.79 Å². The van der Waals surface area contributed by atoms with Crippen molar-refractivity contribution < 1.29 is 9.53 Å². The first-order chi connectivity index (χ1) is 19.2. The van der Waals surface area contributed by atoms with Gasteiger partial charge in [-0.3, -0.25) is 9.69 Å². The van der Waals surface area contributed by atoms with Crippen molar-refractivity contribution in [2.75, 3.05) is 0 Å². The standard InChI is InChI=1S/C34H32N2O2S/c1-24-10-5-8-17-31(24)36-33(37)32(39-34(36)35-28-14-3-2-4-15-28)22-25-18-20-29(21-19-25)38-23-27-13-9-12-26-11-6-7-16-30(26)27/h2-4,6-7,9,11-16,18-22,24,31H,5,8,10,17,23H2,1H3/b32-22-,35-34?/t24-,31+/m0/s1. The van der Waals surface area contributed by atoms with Crippen molar-refractivity contribution in [1.82, 2.24) is 4.90 Å². The van der Waals surface area contributed by atoms with Crippen LogP contribution in [0.3, 0.4) is 0 Å². The van der Waals surface area contributed by atoms with Crippen LogP contribution < -0.4 is 4.74 Å². The fourth-order valence-electron chi connectivity index (χ4n) is 5.54. The Morgan fingerprint density at radius 3 is 2.46 bits per heavy atom. The highest BCUT2D eigenvalue weighted by atomic mass is 32.2. The molecule has 0 unspecified atom stereocenters. The van der Waals surface area contributed by atoms with Gasteiger partial charge in [-0.25, -0.2) is 4.99 Å². The van der Waals surface area contributed by atoms with Crippen molar-refractivity contribution in [1.29, 1.82) is 0 Å². The van der Waals surface area contributed by atoms with Crippen LogP contribution in [-0.2, 0) is 11.4 Å². The van der Waals surface area contributed by atoms with Gasteiger partial charge in [0.1, 0.15) is 12.4 Å². The smallest absolute Gasteiger partial charge is 0.267 e. The van der Waals surface area contributed by atoms with Gasteiger partial charge in [-0.15, -0.1) is 0 Å². The number of amidine groups is 1. The number of nitrogens with zero attached hydrogens (tertiary/aromatic N) is 2. The van der Waals surface area contributed by atoms with E-state index < -0.39 is 0 Å². The van der Waals surface area contributed by atoms with Crippen LogP contribution in [0.1, 0.15) is 43.7 Å². The molecule has 2 aliphatic rings. The number of carbonyl (C=O) groups is 1. The monoisotopic (exact) mass is 532 g/mol. The lowest BCUT2D eigenvalue weighted by molar-refractivity contribution is -0.124. The molecule has 0 N–H and O–H groups in total. The Balaban J connectivity index is 1.21. The van der Waals surface area contributed by atoms with Gasteiger partial charge in [0.15, 0.2) is 5.17 Å². The molecule has 0 spiro atoms. The molecule has 5 heteroatoms. The van der Waals surface area contributed by atoms with Crippen molar-refractivity contribution in [3.05, 3.63) is 113 Å². The van der Waals surface area contributed by atoms with Gasteiger partial charge in [0.2, 0.25) is 0 Å². The molecule has 6 rings (SSSR count). The minimum Gasteiger partial charge on any atom is -0.489 e. The Hall–Kier alpha value is -3.83. The zero-order valence-corrected chi connectivity index (χ0v) is 22.9. The molecule has 1 heterocycles. The Labute approximate surface area is 234 Å². The third-order valence-corrected chi connectivity index (χ3v) is 8.65. The van der Waals surface area contributed by atoms with Crippen molar-refractivity contribution >= 4 is 45.4 Å². The number of hydrogen-bond donors (Lipinski definition) is 0. The highest BCUT2D eigenvalue weighted by Gasteiger charge is 2.41. The lowest BCUT2D eigenvalue weighted by atomic mass is 9.85. The van der Waals surface area contributed by atoms with Crippen LogP contribution in [0, 0.1) is 5.92 Å². The van der Waals surface area contributed by atoms with Crippen molar-refractivity contribution in [2.45, 2.75) is 45.3 Å². The lowest BCUT2D eigenvalue weighted by Crippen LogP contribution is -2.44. The number of para-hydroxylation sites is 1. The minimum atomic E-state index is 0.0599. The predicted molar refractivity (Wildman–Crippen MR) is 162 cm³/mol. The lowest BCUT2D eigenvalue weighted by Gasteiger charge is -2.35. The average molecular weight is 533 g/mol. The van der Waals surface area contributed by atoms with E-state index in [2.05, 4.69) is 49.4 Å². The first-order valence-electron chi connectivity index (χ1n) is 13.7. The summed E-state index contributed by atoms with van der Waals surface area (Å²) < 4.78 is 6.12. The van der Waals surface area contributed by atoms with Gasteiger partial charge >= 0.3 is 0 Å². The summed E-state index contributed by atoms with van der Waals surface area (Å²) in [7, 11) is 0. The molecule has 0 radical (unpaired) electrons. The molecule has 2 atom stereocenters. The molecule has 4 aromatic carbocycles. The molecule has 4 aromatic rings. The molecule has 4 nitrogen and oxygen atoms in total. The maximum absolute atomic E-state index is 13.7. The van der Waals surface area contributed by atoms with Crippen molar-refractivity contribution in [2.24, 2.45) is 10.9 Å². The Morgan fingerprint density at radius 1 is 0.897 bits per heavy atom. The number of fused-ring (bicyclic) bond motifs is 1. The minimum absolute atomic E-state index is 0.0599. The normalized spacial score (nSPS) is 21.7. The summed E-state index contributed by atoms with van der Waals surface area (Å²) in [4.78, 5) is 21.3. The molecular weight excluding hydrogens is 500 g/mol. The molecular formula is C34H32N2O2S. The van der Waals surface area contributed by atoms with Crippen molar-refractivity contribution in [3.63, 3.8) is 0 Å². The van der Waals surface area contributed by atoms with E-state index in [1.165, 1.54) is 29.0 Å². The van der Waals surface area contributed by atoms with Gasteiger partial charge in [-0.1, -0.05) is 92.6 Å². The van der Waals surface area contributed by atoms with Gasteiger partial charge in [-0.2, -0.15) is 0 Å². The number of rotatable bonds is 6. The van der Waals surface area contributed by atoms with Crippen LogP contribution in [0.25, 0.3) is 16.8 Å². The van der Waals surface area contributed by atoms with E-state index in [0.29, 0.717) is 17.4 Å². The summed E-state index contributed by atoms with van der Waals surface area (Å²) in [6.07, 6.45) is 6.54. The second-order valence-corrected chi connectivity index (χ2v) is 11.3. The highest BCUT2D eigenvalue weighted by molar-refractivity contribution is 8.18. The zero-order valence-electron chi connectivity index (χ0n) is 22.1. The number of amides is 1. The summed E-state index contributed by atoms with van der Waals surface area (Å²) >= 11 is 1.48. The van der Waals surface area contributed by atoms with E-state index in [-0.39, 0.29) is 11.9 Å². The summed E-state index contributed by atoms with van der Waals surface area (Å²) in [6.45, 7) is 2.77. The van der Waals surface area contributed by atoms with E-state index in [1.54, 1.807) is 0 Å². The molecule has 1 aliphatic heterocycles. The average Bonchev–Trinajstić information content (AvgIpc) is 3.27. The molecule has 1 saturated carbocycles.